The van der Waals surface area contributed by atoms with E-state index in [1.807, 2.05) is 0 Å². The Balaban J connectivity index is 2.18. The summed E-state index contributed by atoms with van der Waals surface area (Å²) in [5.74, 6) is -0.411. The number of aromatic hydroxyl groups is 1. The summed E-state index contributed by atoms with van der Waals surface area (Å²) in [6.07, 6.45) is 3.48. The van der Waals surface area contributed by atoms with Gasteiger partial charge in [0.2, 0.25) is 0 Å². The zero-order valence-corrected chi connectivity index (χ0v) is 7.91. The molecule has 76 valence electrons. The molecule has 0 aliphatic heterocycles. The molecule has 0 amide bonds. The second kappa shape index (κ2) is 3.58. The average Bonchev–Trinajstić information content (AvgIpc) is 2.06. The monoisotopic (exact) mass is 195 g/mol. The normalized spacial score (nSPS) is 19.0. The number of halogens is 1. The Morgan fingerprint density at radius 2 is 2.14 bits per heavy atom. The smallest absolute Gasteiger partial charge is 0.165 e. The second-order valence-electron chi connectivity index (χ2n) is 3.93. The molecule has 1 unspecified atom stereocenters. The lowest BCUT2D eigenvalue weighted by atomic mass is 9.77. The van der Waals surface area contributed by atoms with E-state index in [2.05, 4.69) is 0 Å². The van der Waals surface area contributed by atoms with Gasteiger partial charge in [-0.1, -0.05) is 12.5 Å². The van der Waals surface area contributed by atoms with Crippen LogP contribution in [0.4, 0.5) is 4.39 Å². The Morgan fingerprint density at radius 3 is 2.64 bits per heavy atom. The molecule has 1 aromatic rings. The summed E-state index contributed by atoms with van der Waals surface area (Å²) in [7, 11) is 0. The Bertz CT molecular complexity index is 336. The first kappa shape index (κ1) is 9.46. The van der Waals surface area contributed by atoms with Gasteiger partial charge in [-0.3, -0.25) is 0 Å². The minimum absolute atomic E-state index is 0.0844. The van der Waals surface area contributed by atoms with Gasteiger partial charge in [-0.15, -0.1) is 0 Å². The molecule has 0 spiro atoms. The van der Waals surface area contributed by atoms with Gasteiger partial charge in [0.15, 0.2) is 11.6 Å². The first-order valence-corrected chi connectivity index (χ1v) is 4.92. The highest BCUT2D eigenvalue weighted by Gasteiger charge is 2.25. The minimum Gasteiger partial charge on any atom is -0.505 e. The highest BCUT2D eigenvalue weighted by Crippen LogP contribution is 2.36. The van der Waals surface area contributed by atoms with Crippen LogP contribution in [0.1, 0.15) is 30.9 Å². The predicted octanol–water partition coefficient (Wildman–Crippen LogP) is 2.33. The van der Waals surface area contributed by atoms with Crippen molar-refractivity contribution in [3.05, 3.63) is 29.6 Å². The zero-order chi connectivity index (χ0) is 10.1. The van der Waals surface area contributed by atoms with Gasteiger partial charge in [-0.05, 0) is 36.5 Å². The van der Waals surface area contributed by atoms with Crippen LogP contribution in [0.2, 0.25) is 0 Å². The molecule has 0 bridgehead atoms. The maximum Gasteiger partial charge on any atom is 0.165 e. The van der Waals surface area contributed by atoms with Crippen molar-refractivity contribution in [2.45, 2.75) is 25.3 Å². The van der Waals surface area contributed by atoms with Crippen LogP contribution in [0.3, 0.4) is 0 Å². The van der Waals surface area contributed by atoms with Crippen LogP contribution >= 0.6 is 0 Å². The number of hydrogen-bond acceptors (Lipinski definition) is 2. The second-order valence-corrected chi connectivity index (χ2v) is 3.93. The van der Waals surface area contributed by atoms with Gasteiger partial charge in [0.25, 0.3) is 0 Å². The highest BCUT2D eigenvalue weighted by atomic mass is 19.1. The summed E-state index contributed by atoms with van der Waals surface area (Å²) in [5, 5.41) is 9.02. The maximum absolute atomic E-state index is 13.0. The number of benzene rings is 1. The van der Waals surface area contributed by atoms with Gasteiger partial charge in [0, 0.05) is 6.04 Å². The molecular formula is C11H14FNO. The molecule has 1 aliphatic rings. The molecule has 3 heteroatoms. The number of rotatable bonds is 2. The third-order valence-electron chi connectivity index (χ3n) is 3.01. The Morgan fingerprint density at radius 1 is 1.43 bits per heavy atom. The topological polar surface area (TPSA) is 46.2 Å². The van der Waals surface area contributed by atoms with Gasteiger partial charge in [0.05, 0.1) is 0 Å². The van der Waals surface area contributed by atoms with Crippen molar-refractivity contribution in [1.29, 1.82) is 0 Å². The molecule has 3 N–H and O–H groups in total. The number of phenolic OH excluding ortho intramolecular Hbond substituents is 1. The van der Waals surface area contributed by atoms with E-state index >= 15 is 0 Å². The van der Waals surface area contributed by atoms with E-state index in [1.54, 1.807) is 6.07 Å². The first-order chi connectivity index (χ1) is 6.68. The van der Waals surface area contributed by atoms with Crippen LogP contribution in [-0.4, -0.2) is 5.11 Å². The van der Waals surface area contributed by atoms with E-state index in [0.717, 1.165) is 18.4 Å². The van der Waals surface area contributed by atoms with Crippen molar-refractivity contribution in [2.24, 2.45) is 11.7 Å². The van der Waals surface area contributed by atoms with E-state index in [-0.39, 0.29) is 11.8 Å². The molecule has 1 fully saturated rings. The Hall–Kier alpha value is -1.09. The van der Waals surface area contributed by atoms with Crippen molar-refractivity contribution in [3.63, 3.8) is 0 Å². The molecule has 0 saturated heterocycles. The van der Waals surface area contributed by atoms with Crippen LogP contribution in [0.5, 0.6) is 5.75 Å². The Labute approximate surface area is 82.5 Å². The molecule has 1 saturated carbocycles. The third kappa shape index (κ3) is 1.60. The summed E-state index contributed by atoms with van der Waals surface area (Å²) in [6.45, 7) is 0. The fourth-order valence-electron chi connectivity index (χ4n) is 1.80. The average molecular weight is 195 g/mol. The molecule has 0 radical (unpaired) electrons. The molecular weight excluding hydrogens is 181 g/mol. The number of phenols is 1. The van der Waals surface area contributed by atoms with E-state index in [9.17, 15) is 4.39 Å². The van der Waals surface area contributed by atoms with Crippen molar-refractivity contribution in [2.75, 3.05) is 0 Å². The molecule has 0 aromatic heterocycles. The van der Waals surface area contributed by atoms with Crippen LogP contribution in [0.15, 0.2) is 18.2 Å². The molecule has 2 nitrogen and oxygen atoms in total. The van der Waals surface area contributed by atoms with Crippen LogP contribution in [0.25, 0.3) is 0 Å². The van der Waals surface area contributed by atoms with Crippen LogP contribution in [0, 0.1) is 11.7 Å². The molecule has 14 heavy (non-hydrogen) atoms. The summed E-state index contributed by atoms with van der Waals surface area (Å²) >= 11 is 0. The summed E-state index contributed by atoms with van der Waals surface area (Å²) < 4.78 is 13.0. The molecule has 0 heterocycles. The molecule has 1 aromatic carbocycles. The van der Waals surface area contributed by atoms with Crippen LogP contribution in [-0.2, 0) is 0 Å². The van der Waals surface area contributed by atoms with Gasteiger partial charge < -0.3 is 10.8 Å². The van der Waals surface area contributed by atoms with Crippen LogP contribution < -0.4 is 5.73 Å². The lowest BCUT2D eigenvalue weighted by Crippen LogP contribution is -2.26. The predicted molar refractivity (Wildman–Crippen MR) is 52.3 cm³/mol. The number of nitrogens with two attached hydrogens (primary N) is 1. The first-order valence-electron chi connectivity index (χ1n) is 4.92. The standard InChI is InChI=1S/C11H14FNO/c12-9-6-8(4-5-10(9)14)11(13)7-2-1-3-7/h4-7,11,14H,1-3,13H2. The largest absolute Gasteiger partial charge is 0.505 e. The van der Waals surface area contributed by atoms with Crippen molar-refractivity contribution >= 4 is 0 Å². The summed E-state index contributed by atoms with van der Waals surface area (Å²) in [4.78, 5) is 0. The lowest BCUT2D eigenvalue weighted by molar-refractivity contribution is 0.264. The zero-order valence-electron chi connectivity index (χ0n) is 7.91. The Kier molecular flexibility index (Phi) is 2.42. The van der Waals surface area contributed by atoms with Gasteiger partial charge in [-0.25, -0.2) is 4.39 Å². The fraction of sp³-hybridized carbons (Fsp3) is 0.455. The SMILES string of the molecule is NC(c1ccc(O)c(F)c1)C1CCC1. The minimum atomic E-state index is -0.586. The highest BCUT2D eigenvalue weighted by molar-refractivity contribution is 5.30. The quantitative estimate of drug-likeness (QED) is 0.760. The number of hydrogen-bond donors (Lipinski definition) is 2. The molecule has 1 atom stereocenters. The van der Waals surface area contributed by atoms with E-state index < -0.39 is 5.82 Å². The summed E-state index contributed by atoms with van der Waals surface area (Å²) in [5.41, 5.74) is 6.75. The van der Waals surface area contributed by atoms with E-state index in [4.69, 9.17) is 10.8 Å². The van der Waals surface area contributed by atoms with Gasteiger partial charge in [-0.2, -0.15) is 0 Å². The van der Waals surface area contributed by atoms with E-state index in [1.165, 1.54) is 18.6 Å². The van der Waals surface area contributed by atoms with Gasteiger partial charge >= 0.3 is 0 Å². The maximum atomic E-state index is 13.0. The van der Waals surface area contributed by atoms with E-state index in [0.29, 0.717) is 5.92 Å². The lowest BCUT2D eigenvalue weighted by Gasteiger charge is -2.31. The molecule has 1 aliphatic carbocycles. The van der Waals surface area contributed by atoms with Crippen molar-refractivity contribution in [3.8, 4) is 5.75 Å². The van der Waals surface area contributed by atoms with Gasteiger partial charge in [0.1, 0.15) is 0 Å². The fourth-order valence-corrected chi connectivity index (χ4v) is 1.80. The third-order valence-corrected chi connectivity index (χ3v) is 3.01. The summed E-state index contributed by atoms with van der Waals surface area (Å²) in [6, 6.07) is 4.31. The van der Waals surface area contributed by atoms with Crippen molar-refractivity contribution in [1.82, 2.24) is 0 Å². The molecule has 2 rings (SSSR count). The van der Waals surface area contributed by atoms with Crippen molar-refractivity contribution < 1.29 is 9.50 Å².